The standard InChI is InChI=1S/C14H12Br2FNO/c1-8-2-10(17)6-11(3-8)18-7-9-4-12(15)14(19)13(16)5-9/h2-6,18-19H,7H2,1H3. The lowest BCUT2D eigenvalue weighted by Gasteiger charge is -2.10. The lowest BCUT2D eigenvalue weighted by Crippen LogP contribution is -2.00. The van der Waals surface area contributed by atoms with E-state index in [9.17, 15) is 9.50 Å². The Labute approximate surface area is 127 Å². The molecule has 0 atom stereocenters. The summed E-state index contributed by atoms with van der Waals surface area (Å²) in [6, 6.07) is 8.46. The first-order valence-corrected chi connectivity index (χ1v) is 7.22. The molecule has 5 heteroatoms. The van der Waals surface area contributed by atoms with E-state index in [1.54, 1.807) is 0 Å². The molecule has 0 saturated carbocycles. The average molecular weight is 389 g/mol. The first kappa shape index (κ1) is 14.3. The highest BCUT2D eigenvalue weighted by Crippen LogP contribution is 2.33. The second kappa shape index (κ2) is 5.92. The molecule has 2 aromatic carbocycles. The number of benzene rings is 2. The maximum absolute atomic E-state index is 13.2. The number of hydrogen-bond donors (Lipinski definition) is 2. The van der Waals surface area contributed by atoms with Gasteiger partial charge in [0, 0.05) is 12.2 Å². The van der Waals surface area contributed by atoms with Crippen LogP contribution in [0.15, 0.2) is 39.3 Å². The summed E-state index contributed by atoms with van der Waals surface area (Å²) >= 11 is 6.56. The predicted molar refractivity (Wildman–Crippen MR) is 82.0 cm³/mol. The Kier molecular flexibility index (Phi) is 4.47. The lowest BCUT2D eigenvalue weighted by atomic mass is 10.2. The molecule has 0 aliphatic heterocycles. The molecule has 19 heavy (non-hydrogen) atoms. The minimum Gasteiger partial charge on any atom is -0.506 e. The minimum absolute atomic E-state index is 0.172. The van der Waals surface area contributed by atoms with Crippen LogP contribution in [0, 0.1) is 12.7 Å². The van der Waals surface area contributed by atoms with Crippen molar-refractivity contribution in [3.8, 4) is 5.75 Å². The smallest absolute Gasteiger partial charge is 0.143 e. The zero-order valence-corrected chi connectivity index (χ0v) is 13.3. The first-order valence-electron chi connectivity index (χ1n) is 5.63. The Morgan fingerprint density at radius 3 is 2.32 bits per heavy atom. The van der Waals surface area contributed by atoms with Crippen LogP contribution in [0.5, 0.6) is 5.75 Å². The van der Waals surface area contributed by atoms with Crippen LogP contribution < -0.4 is 5.32 Å². The molecule has 0 fully saturated rings. The topological polar surface area (TPSA) is 32.3 Å². The van der Waals surface area contributed by atoms with Crippen LogP contribution in [0.25, 0.3) is 0 Å². The molecule has 0 amide bonds. The predicted octanol–water partition coefficient (Wildman–Crippen LogP) is 4.98. The number of halogens is 3. The molecule has 0 aliphatic rings. The Bertz CT molecular complexity index is 573. The van der Waals surface area contributed by atoms with Crippen LogP contribution in [0.1, 0.15) is 11.1 Å². The minimum atomic E-state index is -0.254. The Morgan fingerprint density at radius 2 is 1.74 bits per heavy atom. The van der Waals surface area contributed by atoms with Crippen molar-refractivity contribution >= 4 is 37.5 Å². The molecular formula is C14H12Br2FNO. The highest BCUT2D eigenvalue weighted by molar-refractivity contribution is 9.11. The quantitative estimate of drug-likeness (QED) is 0.777. The van der Waals surface area contributed by atoms with E-state index in [2.05, 4.69) is 37.2 Å². The number of phenols is 1. The van der Waals surface area contributed by atoms with E-state index in [4.69, 9.17) is 0 Å². The third-order valence-corrected chi connectivity index (χ3v) is 3.82. The van der Waals surface area contributed by atoms with Crippen molar-refractivity contribution in [3.63, 3.8) is 0 Å². The Hall–Kier alpha value is -1.07. The molecule has 0 heterocycles. The van der Waals surface area contributed by atoms with Crippen LogP contribution in [0.2, 0.25) is 0 Å². The molecule has 100 valence electrons. The second-order valence-electron chi connectivity index (χ2n) is 4.28. The lowest BCUT2D eigenvalue weighted by molar-refractivity contribution is 0.468. The Morgan fingerprint density at radius 1 is 1.11 bits per heavy atom. The van der Waals surface area contributed by atoms with Crippen LogP contribution >= 0.6 is 31.9 Å². The van der Waals surface area contributed by atoms with Crippen LogP contribution in [-0.2, 0) is 6.54 Å². The number of phenolic OH excluding ortho intramolecular Hbond substituents is 1. The molecule has 0 aliphatic carbocycles. The summed E-state index contributed by atoms with van der Waals surface area (Å²) in [6.45, 7) is 2.39. The highest BCUT2D eigenvalue weighted by Gasteiger charge is 2.06. The van der Waals surface area contributed by atoms with Crippen molar-refractivity contribution in [2.75, 3.05) is 5.32 Å². The van der Waals surface area contributed by atoms with Gasteiger partial charge in [-0.3, -0.25) is 0 Å². The zero-order chi connectivity index (χ0) is 14.0. The summed E-state index contributed by atoms with van der Waals surface area (Å²) in [7, 11) is 0. The number of nitrogens with one attached hydrogen (secondary N) is 1. The third kappa shape index (κ3) is 3.70. The summed E-state index contributed by atoms with van der Waals surface area (Å²) in [6.07, 6.45) is 0. The number of aryl methyl sites for hydroxylation is 1. The van der Waals surface area contributed by atoms with Gasteiger partial charge in [-0.1, -0.05) is 0 Å². The molecule has 2 rings (SSSR count). The number of rotatable bonds is 3. The van der Waals surface area contributed by atoms with Gasteiger partial charge in [0.05, 0.1) is 8.95 Å². The normalized spacial score (nSPS) is 10.5. The van der Waals surface area contributed by atoms with Gasteiger partial charge in [-0.05, 0) is 80.2 Å². The molecule has 0 saturated heterocycles. The monoisotopic (exact) mass is 387 g/mol. The molecular weight excluding hydrogens is 377 g/mol. The maximum atomic E-state index is 13.2. The molecule has 0 aromatic heterocycles. The van der Waals surface area contributed by atoms with E-state index in [1.165, 1.54) is 12.1 Å². The molecule has 0 spiro atoms. The van der Waals surface area contributed by atoms with Crippen LogP contribution in [-0.4, -0.2) is 5.11 Å². The van der Waals surface area contributed by atoms with Gasteiger partial charge < -0.3 is 10.4 Å². The van der Waals surface area contributed by atoms with E-state index < -0.39 is 0 Å². The van der Waals surface area contributed by atoms with Crippen molar-refractivity contribution in [2.45, 2.75) is 13.5 Å². The highest BCUT2D eigenvalue weighted by atomic mass is 79.9. The van der Waals surface area contributed by atoms with Gasteiger partial charge in [-0.25, -0.2) is 4.39 Å². The van der Waals surface area contributed by atoms with E-state index in [-0.39, 0.29) is 11.6 Å². The van der Waals surface area contributed by atoms with Crippen LogP contribution in [0.4, 0.5) is 10.1 Å². The number of hydrogen-bond acceptors (Lipinski definition) is 2. The maximum Gasteiger partial charge on any atom is 0.143 e. The average Bonchev–Trinajstić information content (AvgIpc) is 2.32. The van der Waals surface area contributed by atoms with Crippen molar-refractivity contribution in [3.05, 3.63) is 56.2 Å². The second-order valence-corrected chi connectivity index (χ2v) is 5.99. The number of anilines is 1. The van der Waals surface area contributed by atoms with E-state index in [1.807, 2.05) is 25.1 Å². The first-order chi connectivity index (χ1) is 8.95. The molecule has 2 N–H and O–H groups in total. The summed E-state index contributed by atoms with van der Waals surface area (Å²) in [5, 5.41) is 12.8. The molecule has 2 aromatic rings. The Balaban J connectivity index is 2.14. The van der Waals surface area contributed by atoms with Crippen molar-refractivity contribution in [1.82, 2.24) is 0 Å². The van der Waals surface area contributed by atoms with E-state index in [0.717, 1.165) is 16.8 Å². The van der Waals surface area contributed by atoms with Crippen molar-refractivity contribution < 1.29 is 9.50 Å². The van der Waals surface area contributed by atoms with Gasteiger partial charge in [-0.15, -0.1) is 0 Å². The summed E-state index contributed by atoms with van der Waals surface area (Å²) in [5.74, 6) is -0.0825. The zero-order valence-electron chi connectivity index (χ0n) is 10.2. The van der Waals surface area contributed by atoms with Gasteiger partial charge in [0.15, 0.2) is 0 Å². The third-order valence-electron chi connectivity index (χ3n) is 2.62. The van der Waals surface area contributed by atoms with Gasteiger partial charge in [0.25, 0.3) is 0 Å². The van der Waals surface area contributed by atoms with Crippen molar-refractivity contribution in [1.29, 1.82) is 0 Å². The fourth-order valence-electron chi connectivity index (χ4n) is 1.76. The van der Waals surface area contributed by atoms with E-state index in [0.29, 0.717) is 15.5 Å². The fourth-order valence-corrected chi connectivity index (χ4v) is 3.04. The summed E-state index contributed by atoms with van der Waals surface area (Å²) in [5.41, 5.74) is 2.58. The molecule has 0 unspecified atom stereocenters. The van der Waals surface area contributed by atoms with E-state index >= 15 is 0 Å². The largest absolute Gasteiger partial charge is 0.506 e. The number of aromatic hydroxyl groups is 1. The summed E-state index contributed by atoms with van der Waals surface area (Å²) < 4.78 is 14.5. The molecule has 2 nitrogen and oxygen atoms in total. The van der Waals surface area contributed by atoms with Gasteiger partial charge >= 0.3 is 0 Å². The van der Waals surface area contributed by atoms with Crippen LogP contribution in [0.3, 0.4) is 0 Å². The SMILES string of the molecule is Cc1cc(F)cc(NCc2cc(Br)c(O)c(Br)c2)c1. The van der Waals surface area contributed by atoms with Crippen molar-refractivity contribution in [2.24, 2.45) is 0 Å². The van der Waals surface area contributed by atoms with Gasteiger partial charge in [0.1, 0.15) is 11.6 Å². The molecule has 0 radical (unpaired) electrons. The van der Waals surface area contributed by atoms with Gasteiger partial charge in [0.2, 0.25) is 0 Å². The molecule has 0 bridgehead atoms. The fraction of sp³-hybridized carbons (Fsp3) is 0.143. The van der Waals surface area contributed by atoms with Gasteiger partial charge in [-0.2, -0.15) is 0 Å². The summed E-state index contributed by atoms with van der Waals surface area (Å²) in [4.78, 5) is 0.